The number of pyridine rings is 1. The highest BCUT2D eigenvalue weighted by Crippen LogP contribution is 2.54. The van der Waals surface area contributed by atoms with Crippen molar-refractivity contribution in [2.75, 3.05) is 0 Å². The van der Waals surface area contributed by atoms with Crippen LogP contribution in [0.25, 0.3) is 10.9 Å². The standard InChI is InChI=1S/C15H12FNO2/c16-10-3-1-2-9-12(15(18)19)11-7-4-5-8(6-7)13(11)17-14(9)10/h1-3,7-8H,4-6H2,(H,18,19). The van der Waals surface area contributed by atoms with E-state index < -0.39 is 11.8 Å². The highest BCUT2D eigenvalue weighted by Gasteiger charge is 2.41. The Bertz CT molecular complexity index is 726. The molecule has 0 spiro atoms. The van der Waals surface area contributed by atoms with Crippen molar-refractivity contribution < 1.29 is 14.3 Å². The number of fused-ring (bicyclic) bond motifs is 6. The average molecular weight is 257 g/mol. The van der Waals surface area contributed by atoms with E-state index in [-0.39, 0.29) is 11.1 Å². The van der Waals surface area contributed by atoms with Crippen molar-refractivity contribution in [2.24, 2.45) is 0 Å². The molecule has 1 aromatic carbocycles. The maximum Gasteiger partial charge on any atom is 0.336 e. The molecule has 96 valence electrons. The second-order valence-electron chi connectivity index (χ2n) is 5.43. The monoisotopic (exact) mass is 257 g/mol. The lowest BCUT2D eigenvalue weighted by Gasteiger charge is -2.18. The molecule has 2 aliphatic rings. The van der Waals surface area contributed by atoms with Gasteiger partial charge in [-0.1, -0.05) is 12.1 Å². The van der Waals surface area contributed by atoms with Gasteiger partial charge in [-0.15, -0.1) is 0 Å². The number of carbonyl (C=O) groups is 1. The summed E-state index contributed by atoms with van der Waals surface area (Å²) in [6.45, 7) is 0. The summed E-state index contributed by atoms with van der Waals surface area (Å²) in [5.74, 6) is -0.791. The maximum absolute atomic E-state index is 13.9. The Labute approximate surface area is 109 Å². The van der Waals surface area contributed by atoms with E-state index in [1.807, 2.05) is 0 Å². The first-order valence-electron chi connectivity index (χ1n) is 6.52. The van der Waals surface area contributed by atoms with E-state index in [2.05, 4.69) is 4.98 Å². The van der Waals surface area contributed by atoms with Crippen molar-refractivity contribution >= 4 is 16.9 Å². The number of halogens is 1. The quantitative estimate of drug-likeness (QED) is 0.851. The SMILES string of the molecule is O=C(O)c1c2c(nc3c(F)cccc13)C1CCC2C1. The largest absolute Gasteiger partial charge is 0.478 e. The van der Waals surface area contributed by atoms with Crippen LogP contribution in [0, 0.1) is 5.82 Å². The molecule has 2 bridgehead atoms. The molecule has 1 aromatic heterocycles. The third kappa shape index (κ3) is 1.31. The van der Waals surface area contributed by atoms with Gasteiger partial charge in [0.2, 0.25) is 0 Å². The van der Waals surface area contributed by atoms with Gasteiger partial charge in [0.15, 0.2) is 0 Å². The van der Waals surface area contributed by atoms with Crippen molar-refractivity contribution in [3.8, 4) is 0 Å². The van der Waals surface area contributed by atoms with Crippen LogP contribution in [0.4, 0.5) is 4.39 Å². The number of para-hydroxylation sites is 1. The number of aromatic nitrogens is 1. The molecule has 2 aliphatic carbocycles. The Balaban J connectivity index is 2.17. The van der Waals surface area contributed by atoms with Crippen molar-refractivity contribution in [2.45, 2.75) is 31.1 Å². The molecule has 2 atom stereocenters. The summed E-state index contributed by atoms with van der Waals surface area (Å²) in [4.78, 5) is 16.1. The van der Waals surface area contributed by atoms with Gasteiger partial charge in [0, 0.05) is 17.0 Å². The van der Waals surface area contributed by atoms with Gasteiger partial charge in [0.25, 0.3) is 0 Å². The molecule has 2 unspecified atom stereocenters. The van der Waals surface area contributed by atoms with E-state index in [4.69, 9.17) is 0 Å². The van der Waals surface area contributed by atoms with E-state index in [1.54, 1.807) is 12.1 Å². The van der Waals surface area contributed by atoms with Crippen LogP contribution >= 0.6 is 0 Å². The molecule has 4 rings (SSSR count). The van der Waals surface area contributed by atoms with Gasteiger partial charge in [-0.05, 0) is 36.8 Å². The first-order chi connectivity index (χ1) is 9.16. The van der Waals surface area contributed by atoms with E-state index in [0.717, 1.165) is 30.5 Å². The van der Waals surface area contributed by atoms with E-state index in [0.29, 0.717) is 17.2 Å². The van der Waals surface area contributed by atoms with Gasteiger partial charge in [-0.3, -0.25) is 0 Å². The van der Waals surface area contributed by atoms with E-state index >= 15 is 0 Å². The first-order valence-corrected chi connectivity index (χ1v) is 6.52. The number of nitrogens with zero attached hydrogens (tertiary/aromatic N) is 1. The van der Waals surface area contributed by atoms with Crippen LogP contribution in [0.1, 0.15) is 52.7 Å². The number of carboxylic acids is 1. The van der Waals surface area contributed by atoms with Gasteiger partial charge in [0.1, 0.15) is 11.3 Å². The molecular weight excluding hydrogens is 245 g/mol. The van der Waals surface area contributed by atoms with Crippen LogP contribution in [0.3, 0.4) is 0 Å². The molecule has 0 radical (unpaired) electrons. The van der Waals surface area contributed by atoms with Gasteiger partial charge in [0.05, 0.1) is 5.56 Å². The zero-order valence-corrected chi connectivity index (χ0v) is 10.2. The van der Waals surface area contributed by atoms with Crippen molar-refractivity contribution in [1.82, 2.24) is 4.98 Å². The number of hydrogen-bond acceptors (Lipinski definition) is 2. The van der Waals surface area contributed by atoms with Crippen LogP contribution < -0.4 is 0 Å². The maximum atomic E-state index is 13.9. The molecule has 2 aromatic rings. The average Bonchev–Trinajstić information content (AvgIpc) is 2.98. The van der Waals surface area contributed by atoms with Crippen molar-refractivity contribution in [3.05, 3.63) is 40.8 Å². The minimum absolute atomic E-state index is 0.200. The van der Waals surface area contributed by atoms with Gasteiger partial charge in [-0.2, -0.15) is 0 Å². The lowest BCUT2D eigenvalue weighted by atomic mass is 9.89. The summed E-state index contributed by atoms with van der Waals surface area (Å²) in [5, 5.41) is 9.95. The molecular formula is C15H12FNO2. The van der Waals surface area contributed by atoms with Crippen LogP contribution in [-0.4, -0.2) is 16.1 Å². The second kappa shape index (κ2) is 3.53. The molecule has 0 aliphatic heterocycles. The summed E-state index contributed by atoms with van der Waals surface area (Å²) >= 11 is 0. The molecule has 1 saturated carbocycles. The number of carboxylic acid groups (broad SMARTS) is 1. The van der Waals surface area contributed by atoms with Gasteiger partial charge >= 0.3 is 5.97 Å². The predicted molar refractivity (Wildman–Crippen MR) is 68.0 cm³/mol. The molecule has 0 saturated heterocycles. The van der Waals surface area contributed by atoms with Crippen LogP contribution in [0.15, 0.2) is 18.2 Å². The third-order valence-corrected chi connectivity index (χ3v) is 4.48. The Hall–Kier alpha value is -1.97. The summed E-state index contributed by atoms with van der Waals surface area (Å²) in [5.41, 5.74) is 2.16. The van der Waals surface area contributed by atoms with Gasteiger partial charge < -0.3 is 5.11 Å². The van der Waals surface area contributed by atoms with E-state index in [1.165, 1.54) is 6.07 Å². The summed E-state index contributed by atoms with van der Waals surface area (Å²) in [6, 6.07) is 4.53. The summed E-state index contributed by atoms with van der Waals surface area (Å²) in [6.07, 6.45) is 3.05. The van der Waals surface area contributed by atoms with Gasteiger partial charge in [-0.25, -0.2) is 14.2 Å². The number of aromatic carboxylic acids is 1. The fraction of sp³-hybridized carbons (Fsp3) is 0.333. The predicted octanol–water partition coefficient (Wildman–Crippen LogP) is 3.44. The highest BCUT2D eigenvalue weighted by molar-refractivity contribution is 6.04. The molecule has 4 heteroatoms. The Morgan fingerprint density at radius 2 is 2.11 bits per heavy atom. The van der Waals surface area contributed by atoms with Crippen LogP contribution in [-0.2, 0) is 0 Å². The Morgan fingerprint density at radius 1 is 1.32 bits per heavy atom. The molecule has 3 nitrogen and oxygen atoms in total. The molecule has 0 amide bonds. The zero-order chi connectivity index (χ0) is 13.1. The Morgan fingerprint density at radius 3 is 2.89 bits per heavy atom. The Kier molecular flexibility index (Phi) is 2.03. The number of hydrogen-bond donors (Lipinski definition) is 1. The lowest BCUT2D eigenvalue weighted by Crippen LogP contribution is -2.11. The number of benzene rings is 1. The fourth-order valence-corrected chi connectivity index (χ4v) is 3.73. The normalized spacial score (nSPS) is 23.8. The first kappa shape index (κ1) is 10.9. The topological polar surface area (TPSA) is 50.2 Å². The van der Waals surface area contributed by atoms with Crippen molar-refractivity contribution in [1.29, 1.82) is 0 Å². The molecule has 1 N–H and O–H groups in total. The number of rotatable bonds is 1. The zero-order valence-electron chi connectivity index (χ0n) is 10.2. The summed E-state index contributed by atoms with van der Waals surface area (Å²) in [7, 11) is 0. The van der Waals surface area contributed by atoms with E-state index in [9.17, 15) is 14.3 Å². The fourth-order valence-electron chi connectivity index (χ4n) is 3.73. The molecule has 19 heavy (non-hydrogen) atoms. The molecule has 1 heterocycles. The minimum atomic E-state index is -0.971. The third-order valence-electron chi connectivity index (χ3n) is 4.48. The van der Waals surface area contributed by atoms with Crippen LogP contribution in [0.2, 0.25) is 0 Å². The summed E-state index contributed by atoms with van der Waals surface area (Å²) < 4.78 is 13.9. The smallest absolute Gasteiger partial charge is 0.336 e. The molecule has 1 fully saturated rings. The van der Waals surface area contributed by atoms with Crippen molar-refractivity contribution in [3.63, 3.8) is 0 Å². The van der Waals surface area contributed by atoms with Crippen LogP contribution in [0.5, 0.6) is 0 Å². The lowest BCUT2D eigenvalue weighted by molar-refractivity contribution is 0.0697. The minimum Gasteiger partial charge on any atom is -0.478 e. The highest BCUT2D eigenvalue weighted by atomic mass is 19.1. The second-order valence-corrected chi connectivity index (χ2v) is 5.43.